The minimum atomic E-state index is -0.595. The summed E-state index contributed by atoms with van der Waals surface area (Å²) in [4.78, 5) is 23.0. The fraction of sp³-hybridized carbons (Fsp3) is 0.0476. The number of benzene rings is 2. The highest BCUT2D eigenvalue weighted by molar-refractivity contribution is 9.11. The Morgan fingerprint density at radius 1 is 1.13 bits per heavy atom. The number of amides is 1. The molecule has 0 aliphatic heterocycles. The number of nitro groups is 1. The monoisotopic (exact) mass is 607 g/mol. The molecule has 7 nitrogen and oxygen atoms in total. The van der Waals surface area contributed by atoms with Gasteiger partial charge in [0.25, 0.3) is 11.6 Å². The number of carbonyl (C=O) groups excluding carboxylic acids is 1. The molecule has 0 spiro atoms. The predicted octanol–water partition coefficient (Wildman–Crippen LogP) is 7.00. The molecule has 1 amide bonds. The molecular formula is C21H12Br3N3O4. The summed E-state index contributed by atoms with van der Waals surface area (Å²) < 4.78 is 7.55. The number of nitro benzene ring substituents is 1. The summed E-state index contributed by atoms with van der Waals surface area (Å²) in [6, 6.07) is 13.1. The molecule has 0 aliphatic carbocycles. The number of carbonyl (C=O) groups is 1. The number of nitrogens with zero attached hydrogens (tertiary/aromatic N) is 2. The van der Waals surface area contributed by atoms with E-state index in [4.69, 9.17) is 4.42 Å². The first-order chi connectivity index (χ1) is 14.7. The number of anilines is 1. The van der Waals surface area contributed by atoms with Crippen molar-refractivity contribution in [1.82, 2.24) is 0 Å². The van der Waals surface area contributed by atoms with E-state index in [0.29, 0.717) is 30.4 Å². The van der Waals surface area contributed by atoms with Gasteiger partial charge in [0.15, 0.2) is 0 Å². The molecule has 0 radical (unpaired) electrons. The Morgan fingerprint density at radius 2 is 1.81 bits per heavy atom. The summed E-state index contributed by atoms with van der Waals surface area (Å²) in [6.45, 7) is 1.92. The molecule has 0 unspecified atom stereocenters. The molecular weight excluding hydrogens is 598 g/mol. The molecule has 0 saturated heterocycles. The van der Waals surface area contributed by atoms with Gasteiger partial charge in [-0.05, 0) is 90.6 Å². The van der Waals surface area contributed by atoms with Crippen molar-refractivity contribution in [2.45, 2.75) is 6.92 Å². The zero-order chi connectivity index (χ0) is 22.7. The van der Waals surface area contributed by atoms with Crippen molar-refractivity contribution in [2.24, 2.45) is 0 Å². The van der Waals surface area contributed by atoms with Gasteiger partial charge >= 0.3 is 0 Å². The van der Waals surface area contributed by atoms with Gasteiger partial charge < -0.3 is 9.73 Å². The third-order valence-electron chi connectivity index (χ3n) is 4.13. The molecule has 2 aromatic carbocycles. The molecule has 3 aromatic rings. The van der Waals surface area contributed by atoms with E-state index < -0.39 is 10.8 Å². The molecule has 0 saturated carbocycles. The lowest BCUT2D eigenvalue weighted by atomic mass is 10.1. The molecule has 0 fully saturated rings. The van der Waals surface area contributed by atoms with E-state index in [2.05, 4.69) is 53.1 Å². The van der Waals surface area contributed by atoms with Crippen molar-refractivity contribution >= 4 is 71.1 Å². The highest BCUT2D eigenvalue weighted by Crippen LogP contribution is 2.34. The van der Waals surface area contributed by atoms with Gasteiger partial charge in [0.1, 0.15) is 23.2 Å². The number of nitrogens with one attached hydrogen (secondary N) is 1. The number of furan rings is 1. The molecule has 0 aliphatic rings. The minimum Gasteiger partial charge on any atom is -0.457 e. The average Bonchev–Trinajstić information content (AvgIpc) is 3.16. The quantitative estimate of drug-likeness (QED) is 0.145. The smallest absolute Gasteiger partial charge is 0.270 e. The molecule has 1 aromatic heterocycles. The molecule has 0 bridgehead atoms. The maximum Gasteiger partial charge on any atom is 0.270 e. The second-order valence-electron chi connectivity index (χ2n) is 6.35. The van der Waals surface area contributed by atoms with Crippen LogP contribution in [0, 0.1) is 28.4 Å². The van der Waals surface area contributed by atoms with E-state index in [1.807, 2.05) is 25.1 Å². The summed E-state index contributed by atoms with van der Waals surface area (Å²) >= 11 is 10.1. The van der Waals surface area contributed by atoms with Crippen LogP contribution in [0.5, 0.6) is 0 Å². The van der Waals surface area contributed by atoms with Crippen molar-refractivity contribution in [3.05, 3.63) is 82.9 Å². The Morgan fingerprint density at radius 3 is 2.39 bits per heavy atom. The van der Waals surface area contributed by atoms with Crippen molar-refractivity contribution < 1.29 is 14.1 Å². The van der Waals surface area contributed by atoms with Crippen LogP contribution in [0.25, 0.3) is 17.4 Å². The molecule has 1 heterocycles. The van der Waals surface area contributed by atoms with Crippen molar-refractivity contribution in [2.75, 3.05) is 5.32 Å². The van der Waals surface area contributed by atoms with Gasteiger partial charge in [0.2, 0.25) is 0 Å². The number of non-ortho nitro benzene ring substituents is 1. The first-order valence-electron chi connectivity index (χ1n) is 8.62. The van der Waals surface area contributed by atoms with E-state index in [9.17, 15) is 20.2 Å². The predicted molar refractivity (Wildman–Crippen MR) is 127 cm³/mol. The minimum absolute atomic E-state index is 0.0563. The maximum atomic E-state index is 12.6. The van der Waals surface area contributed by atoms with Gasteiger partial charge in [-0.3, -0.25) is 14.9 Å². The normalized spacial score (nSPS) is 11.1. The van der Waals surface area contributed by atoms with Gasteiger partial charge in [-0.2, -0.15) is 5.26 Å². The topological polar surface area (TPSA) is 109 Å². The maximum absolute atomic E-state index is 12.6. The Bertz CT molecular complexity index is 1250. The summed E-state index contributed by atoms with van der Waals surface area (Å²) in [5.41, 5.74) is 1.89. The van der Waals surface area contributed by atoms with Gasteiger partial charge in [-0.15, -0.1) is 0 Å². The van der Waals surface area contributed by atoms with E-state index in [1.165, 1.54) is 18.2 Å². The van der Waals surface area contributed by atoms with Crippen molar-refractivity contribution in [3.8, 4) is 17.4 Å². The number of rotatable bonds is 5. The van der Waals surface area contributed by atoms with Crippen LogP contribution < -0.4 is 5.32 Å². The Labute approximate surface area is 202 Å². The molecule has 10 heteroatoms. The SMILES string of the molecule is Cc1cc(Br)c(NC(=O)/C(C#N)=C/c2ccc(-c3ccc([N+](=O)[O-])cc3Br)o2)c(Br)c1. The third kappa shape index (κ3) is 5.31. The van der Waals surface area contributed by atoms with Crippen LogP contribution in [-0.2, 0) is 4.79 Å². The fourth-order valence-corrected chi connectivity index (χ4v) is 4.86. The van der Waals surface area contributed by atoms with Gasteiger partial charge in [0.05, 0.1) is 10.6 Å². The molecule has 0 atom stereocenters. The highest BCUT2D eigenvalue weighted by Gasteiger charge is 2.16. The van der Waals surface area contributed by atoms with Crippen LogP contribution in [0.3, 0.4) is 0 Å². The summed E-state index contributed by atoms with van der Waals surface area (Å²) in [5.74, 6) is 0.117. The van der Waals surface area contributed by atoms with Crippen molar-refractivity contribution in [1.29, 1.82) is 5.26 Å². The zero-order valence-corrected chi connectivity index (χ0v) is 20.5. The second kappa shape index (κ2) is 9.60. The number of hydrogen-bond donors (Lipinski definition) is 1. The number of halogens is 3. The average molecular weight is 610 g/mol. The van der Waals surface area contributed by atoms with Crippen LogP contribution in [0.15, 0.2) is 65.9 Å². The summed E-state index contributed by atoms with van der Waals surface area (Å²) in [6.07, 6.45) is 1.33. The van der Waals surface area contributed by atoms with Gasteiger partial charge in [-0.1, -0.05) is 0 Å². The third-order valence-corrected chi connectivity index (χ3v) is 6.04. The standard InChI is InChI=1S/C21H12Br3N3O4/c1-11-6-17(23)20(18(24)7-11)26-21(28)12(10-25)8-14-3-5-19(31-14)15-4-2-13(27(29)30)9-16(15)22/h2-9H,1H3,(H,26,28)/b12-8+. The zero-order valence-electron chi connectivity index (χ0n) is 15.8. The van der Waals surface area contributed by atoms with E-state index in [1.54, 1.807) is 18.2 Å². The van der Waals surface area contributed by atoms with Gasteiger partial charge in [-0.25, -0.2) is 0 Å². The Kier molecular flexibility index (Phi) is 7.10. The van der Waals surface area contributed by atoms with Crippen molar-refractivity contribution in [3.63, 3.8) is 0 Å². The fourth-order valence-electron chi connectivity index (χ4n) is 2.68. The molecule has 31 heavy (non-hydrogen) atoms. The summed E-state index contributed by atoms with van der Waals surface area (Å²) in [7, 11) is 0. The second-order valence-corrected chi connectivity index (χ2v) is 8.91. The van der Waals surface area contributed by atoms with Crippen LogP contribution in [0.2, 0.25) is 0 Å². The largest absolute Gasteiger partial charge is 0.457 e. The number of aryl methyl sites for hydroxylation is 1. The van der Waals surface area contributed by atoms with Crippen LogP contribution in [0.1, 0.15) is 11.3 Å². The Balaban J connectivity index is 1.86. The lowest BCUT2D eigenvalue weighted by Gasteiger charge is -2.10. The number of nitriles is 1. The van der Waals surface area contributed by atoms with Crippen LogP contribution in [0.4, 0.5) is 11.4 Å². The van der Waals surface area contributed by atoms with Gasteiger partial charge in [0, 0.05) is 37.2 Å². The molecule has 1 N–H and O–H groups in total. The Hall–Kier alpha value is -2.74. The lowest BCUT2D eigenvalue weighted by Crippen LogP contribution is -2.14. The van der Waals surface area contributed by atoms with E-state index in [0.717, 1.165) is 5.56 Å². The highest BCUT2D eigenvalue weighted by atomic mass is 79.9. The first-order valence-corrected chi connectivity index (χ1v) is 11.0. The van der Waals surface area contributed by atoms with E-state index in [-0.39, 0.29) is 17.0 Å². The lowest BCUT2D eigenvalue weighted by molar-refractivity contribution is -0.384. The van der Waals surface area contributed by atoms with Crippen LogP contribution >= 0.6 is 47.8 Å². The summed E-state index contributed by atoms with van der Waals surface area (Å²) in [5, 5.41) is 23.1. The molecule has 3 rings (SSSR count). The molecule has 156 valence electrons. The first kappa shape index (κ1) is 22.9. The van der Waals surface area contributed by atoms with Crippen LogP contribution in [-0.4, -0.2) is 10.8 Å². The number of hydrogen-bond acceptors (Lipinski definition) is 5. The van der Waals surface area contributed by atoms with E-state index >= 15 is 0 Å².